The van der Waals surface area contributed by atoms with Gasteiger partial charge in [0.05, 0.1) is 0 Å². The summed E-state index contributed by atoms with van der Waals surface area (Å²) in [6, 6.07) is 6.43. The van der Waals surface area contributed by atoms with Crippen LogP contribution in [-0.2, 0) is 19.1 Å². The van der Waals surface area contributed by atoms with Crippen LogP contribution in [0.3, 0.4) is 0 Å². The van der Waals surface area contributed by atoms with Crippen molar-refractivity contribution < 1.29 is 19.1 Å². The molecule has 21 heavy (non-hydrogen) atoms. The maximum Gasteiger partial charge on any atom is 0.329 e. The second-order valence-corrected chi connectivity index (χ2v) is 5.65. The van der Waals surface area contributed by atoms with E-state index in [9.17, 15) is 14.4 Å². The van der Waals surface area contributed by atoms with Crippen LogP contribution in [0.25, 0.3) is 0 Å². The number of hydrogen-bond donors (Lipinski definition) is 2. The van der Waals surface area contributed by atoms with Crippen LogP contribution in [0.15, 0.2) is 28.7 Å². The molecular formula is C14H15BrN2O4. The molecule has 2 rings (SSSR count). The fourth-order valence-electron chi connectivity index (χ4n) is 1.91. The molecular weight excluding hydrogens is 340 g/mol. The number of carbonyl (C=O) groups excluding carboxylic acids is 3. The smallest absolute Gasteiger partial charge is 0.329 e. The molecule has 0 spiro atoms. The fraction of sp³-hybridized carbons (Fsp3) is 0.357. The molecule has 2 amide bonds. The van der Waals surface area contributed by atoms with Crippen molar-refractivity contribution in [2.75, 3.05) is 5.32 Å². The molecule has 1 aliphatic heterocycles. The highest BCUT2D eigenvalue weighted by molar-refractivity contribution is 9.10. The average molecular weight is 355 g/mol. The van der Waals surface area contributed by atoms with Crippen LogP contribution in [0.5, 0.6) is 0 Å². The van der Waals surface area contributed by atoms with Gasteiger partial charge in [-0.1, -0.05) is 22.0 Å². The van der Waals surface area contributed by atoms with Crippen LogP contribution in [0.2, 0.25) is 0 Å². The van der Waals surface area contributed by atoms with Crippen molar-refractivity contribution in [3.05, 3.63) is 28.7 Å². The van der Waals surface area contributed by atoms with Crippen LogP contribution in [0.1, 0.15) is 19.8 Å². The molecule has 1 aromatic rings. The standard InChI is InChI=1S/C14H15BrN2O4/c1-8(21-14(20)11-5-6-12(18)17-11)13(19)16-10-4-2-3-9(15)7-10/h2-4,7-8,11H,5-6H2,1H3,(H,16,19)(H,17,18)/t8-,11+/m0/s1. The number of hydrogen-bond acceptors (Lipinski definition) is 4. The minimum atomic E-state index is -0.936. The molecule has 2 N–H and O–H groups in total. The van der Waals surface area contributed by atoms with Gasteiger partial charge in [0.1, 0.15) is 6.04 Å². The van der Waals surface area contributed by atoms with Gasteiger partial charge in [-0.2, -0.15) is 0 Å². The minimum absolute atomic E-state index is 0.178. The van der Waals surface area contributed by atoms with Crippen LogP contribution in [0, 0.1) is 0 Å². The first-order valence-electron chi connectivity index (χ1n) is 6.52. The van der Waals surface area contributed by atoms with E-state index >= 15 is 0 Å². The number of rotatable bonds is 4. The molecule has 1 heterocycles. The highest BCUT2D eigenvalue weighted by Crippen LogP contribution is 2.16. The van der Waals surface area contributed by atoms with Crippen LogP contribution in [0.4, 0.5) is 5.69 Å². The molecule has 1 aliphatic rings. The number of amides is 2. The molecule has 0 bridgehead atoms. The van der Waals surface area contributed by atoms with Gasteiger partial charge in [0, 0.05) is 16.6 Å². The number of halogens is 1. The van der Waals surface area contributed by atoms with Crippen molar-refractivity contribution in [1.29, 1.82) is 0 Å². The third-order valence-electron chi connectivity index (χ3n) is 3.03. The van der Waals surface area contributed by atoms with E-state index in [0.29, 0.717) is 18.5 Å². The Morgan fingerprint density at radius 1 is 1.48 bits per heavy atom. The number of benzene rings is 1. The average Bonchev–Trinajstić information content (AvgIpc) is 2.85. The zero-order chi connectivity index (χ0) is 15.4. The van der Waals surface area contributed by atoms with Gasteiger partial charge in [-0.15, -0.1) is 0 Å². The second kappa shape index (κ2) is 6.71. The number of esters is 1. The molecule has 0 radical (unpaired) electrons. The molecule has 6 nitrogen and oxygen atoms in total. The SMILES string of the molecule is C[C@H](OC(=O)[C@H]1CCC(=O)N1)C(=O)Nc1cccc(Br)c1. The molecule has 0 aromatic heterocycles. The van der Waals surface area contributed by atoms with Crippen molar-refractivity contribution in [1.82, 2.24) is 5.32 Å². The number of nitrogens with one attached hydrogen (secondary N) is 2. The normalized spacial score (nSPS) is 18.8. The molecule has 1 aromatic carbocycles. The summed E-state index contributed by atoms with van der Waals surface area (Å²) in [6.45, 7) is 1.49. The van der Waals surface area contributed by atoms with Crippen LogP contribution >= 0.6 is 15.9 Å². The summed E-state index contributed by atoms with van der Waals surface area (Å²) in [7, 11) is 0. The zero-order valence-corrected chi connectivity index (χ0v) is 13.0. The molecule has 0 saturated carbocycles. The van der Waals surface area contributed by atoms with E-state index in [1.165, 1.54) is 6.92 Å². The van der Waals surface area contributed by atoms with Gasteiger partial charge >= 0.3 is 5.97 Å². The Labute approximate surface area is 130 Å². The van der Waals surface area contributed by atoms with Crippen molar-refractivity contribution in [2.45, 2.75) is 31.9 Å². The third kappa shape index (κ3) is 4.29. The molecule has 0 aliphatic carbocycles. The molecule has 112 valence electrons. The zero-order valence-electron chi connectivity index (χ0n) is 11.4. The van der Waals surface area contributed by atoms with Crippen molar-refractivity contribution in [2.24, 2.45) is 0 Å². The predicted molar refractivity (Wildman–Crippen MR) is 79.5 cm³/mol. The lowest BCUT2D eigenvalue weighted by Crippen LogP contribution is -2.39. The summed E-state index contributed by atoms with van der Waals surface area (Å²) < 4.78 is 5.90. The summed E-state index contributed by atoms with van der Waals surface area (Å²) in [5.41, 5.74) is 0.603. The van der Waals surface area contributed by atoms with Crippen molar-refractivity contribution in [3.63, 3.8) is 0 Å². The van der Waals surface area contributed by atoms with Crippen LogP contribution < -0.4 is 10.6 Å². The molecule has 7 heteroatoms. The highest BCUT2D eigenvalue weighted by Gasteiger charge is 2.30. The Balaban J connectivity index is 1.87. The Morgan fingerprint density at radius 3 is 2.86 bits per heavy atom. The predicted octanol–water partition coefficient (Wildman–Crippen LogP) is 1.60. The second-order valence-electron chi connectivity index (χ2n) is 4.74. The monoisotopic (exact) mass is 354 g/mol. The maximum atomic E-state index is 11.9. The Hall–Kier alpha value is -1.89. The lowest BCUT2D eigenvalue weighted by molar-refractivity contribution is -0.155. The highest BCUT2D eigenvalue weighted by atomic mass is 79.9. The summed E-state index contributed by atoms with van der Waals surface area (Å²) >= 11 is 3.30. The largest absolute Gasteiger partial charge is 0.451 e. The van der Waals surface area contributed by atoms with Gasteiger partial charge in [0.25, 0.3) is 5.91 Å². The maximum absolute atomic E-state index is 11.9. The van der Waals surface area contributed by atoms with E-state index in [2.05, 4.69) is 26.6 Å². The van der Waals surface area contributed by atoms with Gasteiger partial charge in [-0.3, -0.25) is 9.59 Å². The number of anilines is 1. The first-order chi connectivity index (χ1) is 9.95. The molecule has 1 fully saturated rings. The van der Waals surface area contributed by atoms with E-state index in [1.54, 1.807) is 18.2 Å². The minimum Gasteiger partial charge on any atom is -0.451 e. The lowest BCUT2D eigenvalue weighted by atomic mass is 10.2. The van der Waals surface area contributed by atoms with E-state index in [-0.39, 0.29) is 5.91 Å². The van der Waals surface area contributed by atoms with Gasteiger partial charge in [0.2, 0.25) is 5.91 Å². The topological polar surface area (TPSA) is 84.5 Å². The van der Waals surface area contributed by atoms with Crippen molar-refractivity contribution >= 4 is 39.4 Å². The molecule has 0 unspecified atom stereocenters. The first-order valence-corrected chi connectivity index (χ1v) is 7.31. The van der Waals surface area contributed by atoms with Gasteiger partial charge in [-0.05, 0) is 31.5 Å². The first kappa shape index (κ1) is 15.5. The number of ether oxygens (including phenoxy) is 1. The van der Waals surface area contributed by atoms with E-state index in [4.69, 9.17) is 4.74 Å². The van der Waals surface area contributed by atoms with E-state index in [1.807, 2.05) is 6.07 Å². The van der Waals surface area contributed by atoms with E-state index in [0.717, 1.165) is 4.47 Å². The number of carbonyl (C=O) groups is 3. The fourth-order valence-corrected chi connectivity index (χ4v) is 2.31. The van der Waals surface area contributed by atoms with Gasteiger partial charge in [0.15, 0.2) is 6.10 Å². The Kier molecular flexibility index (Phi) is 4.95. The van der Waals surface area contributed by atoms with Crippen molar-refractivity contribution in [3.8, 4) is 0 Å². The Bertz CT molecular complexity index is 576. The summed E-state index contributed by atoms with van der Waals surface area (Å²) in [5.74, 6) is -1.19. The third-order valence-corrected chi connectivity index (χ3v) is 3.53. The van der Waals surface area contributed by atoms with E-state index < -0.39 is 24.0 Å². The van der Waals surface area contributed by atoms with Gasteiger partial charge in [-0.25, -0.2) is 4.79 Å². The lowest BCUT2D eigenvalue weighted by Gasteiger charge is -2.16. The summed E-state index contributed by atoms with van der Waals surface area (Å²) in [5, 5.41) is 5.16. The summed E-state index contributed by atoms with van der Waals surface area (Å²) in [6.07, 6.45) is -0.232. The summed E-state index contributed by atoms with van der Waals surface area (Å²) in [4.78, 5) is 34.8. The van der Waals surface area contributed by atoms with Crippen LogP contribution in [-0.4, -0.2) is 29.9 Å². The Morgan fingerprint density at radius 2 is 2.24 bits per heavy atom. The molecule has 2 atom stereocenters. The molecule has 1 saturated heterocycles. The quantitative estimate of drug-likeness (QED) is 0.804. The van der Waals surface area contributed by atoms with Gasteiger partial charge < -0.3 is 15.4 Å².